The Hall–Kier alpha value is -0.0800. The predicted octanol–water partition coefficient (Wildman–Crippen LogP) is 2.25. The van der Waals surface area contributed by atoms with Gasteiger partial charge in [0.1, 0.15) is 0 Å². The molecule has 0 aromatic carbocycles. The molecule has 0 bridgehead atoms. The van der Waals surface area contributed by atoms with Crippen molar-refractivity contribution >= 4 is 0 Å². The summed E-state index contributed by atoms with van der Waals surface area (Å²) in [6.07, 6.45) is 10.4. The van der Waals surface area contributed by atoms with E-state index in [0.29, 0.717) is 0 Å². The zero-order chi connectivity index (χ0) is 10.3. The van der Waals surface area contributed by atoms with E-state index in [1.54, 1.807) is 0 Å². The molecule has 2 fully saturated rings. The molecule has 0 amide bonds. The SMILES string of the molecule is C1CCCC(CN2CCNCC2)CCC1. The minimum Gasteiger partial charge on any atom is -0.314 e. The van der Waals surface area contributed by atoms with Crippen LogP contribution in [0.3, 0.4) is 0 Å². The smallest absolute Gasteiger partial charge is 0.0107 e. The first-order valence-electron chi connectivity index (χ1n) is 6.88. The third-order valence-corrected chi connectivity index (χ3v) is 3.95. The third kappa shape index (κ3) is 4.12. The lowest BCUT2D eigenvalue weighted by Gasteiger charge is -2.31. The molecule has 1 heterocycles. The molecule has 2 heteroatoms. The van der Waals surface area contributed by atoms with E-state index in [2.05, 4.69) is 10.2 Å². The van der Waals surface area contributed by atoms with Gasteiger partial charge in [-0.25, -0.2) is 0 Å². The fourth-order valence-electron chi connectivity index (χ4n) is 2.98. The van der Waals surface area contributed by atoms with E-state index >= 15 is 0 Å². The van der Waals surface area contributed by atoms with Crippen LogP contribution < -0.4 is 5.32 Å². The molecular weight excluding hydrogens is 184 g/mol. The van der Waals surface area contributed by atoms with E-state index in [4.69, 9.17) is 0 Å². The molecule has 88 valence electrons. The molecule has 2 aliphatic rings. The van der Waals surface area contributed by atoms with Gasteiger partial charge in [0.15, 0.2) is 0 Å². The van der Waals surface area contributed by atoms with E-state index in [9.17, 15) is 0 Å². The van der Waals surface area contributed by atoms with Crippen molar-refractivity contribution in [3.8, 4) is 0 Å². The zero-order valence-corrected chi connectivity index (χ0v) is 10.0. The van der Waals surface area contributed by atoms with Crippen LogP contribution >= 0.6 is 0 Å². The average molecular weight is 210 g/mol. The van der Waals surface area contributed by atoms with Gasteiger partial charge in [-0.15, -0.1) is 0 Å². The van der Waals surface area contributed by atoms with Crippen LogP contribution in [0.5, 0.6) is 0 Å². The van der Waals surface area contributed by atoms with Crippen molar-refractivity contribution in [2.24, 2.45) is 5.92 Å². The van der Waals surface area contributed by atoms with Gasteiger partial charge in [-0.3, -0.25) is 0 Å². The number of rotatable bonds is 2. The molecule has 1 aliphatic carbocycles. The molecule has 0 aromatic heterocycles. The van der Waals surface area contributed by atoms with Crippen LogP contribution in [-0.4, -0.2) is 37.6 Å². The quantitative estimate of drug-likeness (QED) is 0.752. The summed E-state index contributed by atoms with van der Waals surface area (Å²) in [6.45, 7) is 6.33. The van der Waals surface area contributed by atoms with Gasteiger partial charge in [-0.2, -0.15) is 0 Å². The third-order valence-electron chi connectivity index (χ3n) is 3.95. The normalized spacial score (nSPS) is 27.2. The largest absolute Gasteiger partial charge is 0.314 e. The molecule has 15 heavy (non-hydrogen) atoms. The molecule has 0 unspecified atom stereocenters. The van der Waals surface area contributed by atoms with Crippen LogP contribution in [0.4, 0.5) is 0 Å². The summed E-state index contributed by atoms with van der Waals surface area (Å²) < 4.78 is 0. The Kier molecular flexibility index (Phi) is 4.94. The van der Waals surface area contributed by atoms with Crippen LogP contribution in [0.2, 0.25) is 0 Å². The Bertz CT molecular complexity index is 156. The van der Waals surface area contributed by atoms with E-state index in [1.165, 1.54) is 77.7 Å². The van der Waals surface area contributed by atoms with Gasteiger partial charge in [0.05, 0.1) is 0 Å². The summed E-state index contributed by atoms with van der Waals surface area (Å²) in [5, 5.41) is 3.43. The maximum absolute atomic E-state index is 3.43. The highest BCUT2D eigenvalue weighted by atomic mass is 15.2. The number of piperazine rings is 1. The fraction of sp³-hybridized carbons (Fsp3) is 1.00. The molecule has 0 radical (unpaired) electrons. The standard InChI is InChI=1S/C13H26N2/c1-2-4-6-13(7-5-3-1)12-15-10-8-14-9-11-15/h13-14H,1-12H2. The number of nitrogens with one attached hydrogen (secondary N) is 1. The lowest BCUT2D eigenvalue weighted by Crippen LogP contribution is -2.45. The molecule has 1 N–H and O–H groups in total. The Labute approximate surface area is 94.4 Å². The van der Waals surface area contributed by atoms with Crippen LogP contribution in [0, 0.1) is 5.92 Å². The second-order valence-electron chi connectivity index (χ2n) is 5.26. The maximum atomic E-state index is 3.43. The van der Waals surface area contributed by atoms with E-state index < -0.39 is 0 Å². The maximum Gasteiger partial charge on any atom is 0.0107 e. The highest BCUT2D eigenvalue weighted by Crippen LogP contribution is 2.23. The van der Waals surface area contributed by atoms with E-state index in [0.717, 1.165) is 5.92 Å². The molecular formula is C13H26N2. The number of nitrogens with zero attached hydrogens (tertiary/aromatic N) is 1. The summed E-state index contributed by atoms with van der Waals surface area (Å²) >= 11 is 0. The zero-order valence-electron chi connectivity index (χ0n) is 10.0. The molecule has 2 nitrogen and oxygen atoms in total. The van der Waals surface area contributed by atoms with Crippen molar-refractivity contribution < 1.29 is 0 Å². The minimum absolute atomic E-state index is 1.00. The molecule has 1 saturated carbocycles. The molecule has 0 aromatic rings. The molecule has 1 aliphatic heterocycles. The first kappa shape index (κ1) is 11.4. The van der Waals surface area contributed by atoms with Crippen molar-refractivity contribution in [3.63, 3.8) is 0 Å². The molecule has 0 atom stereocenters. The van der Waals surface area contributed by atoms with E-state index in [1.807, 2.05) is 0 Å². The predicted molar refractivity (Wildman–Crippen MR) is 65.1 cm³/mol. The second kappa shape index (κ2) is 6.49. The van der Waals surface area contributed by atoms with Crippen LogP contribution in [0.1, 0.15) is 44.9 Å². The van der Waals surface area contributed by atoms with Gasteiger partial charge in [0.2, 0.25) is 0 Å². The topological polar surface area (TPSA) is 15.3 Å². The second-order valence-corrected chi connectivity index (χ2v) is 5.26. The fourth-order valence-corrected chi connectivity index (χ4v) is 2.98. The Morgan fingerprint density at radius 3 is 2.13 bits per heavy atom. The van der Waals surface area contributed by atoms with Gasteiger partial charge in [-0.1, -0.05) is 32.1 Å². The average Bonchev–Trinajstić information content (AvgIpc) is 2.23. The summed E-state index contributed by atoms with van der Waals surface area (Å²) in [5.41, 5.74) is 0. The van der Waals surface area contributed by atoms with Gasteiger partial charge >= 0.3 is 0 Å². The minimum atomic E-state index is 1.00. The van der Waals surface area contributed by atoms with Crippen molar-refractivity contribution in [2.45, 2.75) is 44.9 Å². The Morgan fingerprint density at radius 1 is 0.867 bits per heavy atom. The van der Waals surface area contributed by atoms with Crippen molar-refractivity contribution in [3.05, 3.63) is 0 Å². The lowest BCUT2D eigenvalue weighted by molar-refractivity contribution is 0.188. The van der Waals surface area contributed by atoms with Crippen LogP contribution in [-0.2, 0) is 0 Å². The number of hydrogen-bond donors (Lipinski definition) is 1. The van der Waals surface area contributed by atoms with Crippen molar-refractivity contribution in [2.75, 3.05) is 32.7 Å². The highest BCUT2D eigenvalue weighted by molar-refractivity contribution is 4.73. The molecule has 0 spiro atoms. The van der Waals surface area contributed by atoms with Crippen LogP contribution in [0.25, 0.3) is 0 Å². The number of hydrogen-bond acceptors (Lipinski definition) is 2. The van der Waals surface area contributed by atoms with Gasteiger partial charge in [-0.05, 0) is 18.8 Å². The van der Waals surface area contributed by atoms with Gasteiger partial charge < -0.3 is 10.2 Å². The summed E-state index contributed by atoms with van der Waals surface area (Å²) in [5.74, 6) is 1.00. The van der Waals surface area contributed by atoms with Crippen molar-refractivity contribution in [1.29, 1.82) is 0 Å². The van der Waals surface area contributed by atoms with Gasteiger partial charge in [0.25, 0.3) is 0 Å². The molecule has 2 rings (SSSR count). The Morgan fingerprint density at radius 2 is 1.47 bits per heavy atom. The highest BCUT2D eigenvalue weighted by Gasteiger charge is 2.16. The first-order valence-corrected chi connectivity index (χ1v) is 6.88. The summed E-state index contributed by atoms with van der Waals surface area (Å²) in [7, 11) is 0. The monoisotopic (exact) mass is 210 g/mol. The van der Waals surface area contributed by atoms with Crippen molar-refractivity contribution in [1.82, 2.24) is 10.2 Å². The van der Waals surface area contributed by atoms with Crippen LogP contribution in [0.15, 0.2) is 0 Å². The summed E-state index contributed by atoms with van der Waals surface area (Å²) in [6, 6.07) is 0. The summed E-state index contributed by atoms with van der Waals surface area (Å²) in [4.78, 5) is 2.67. The van der Waals surface area contributed by atoms with Gasteiger partial charge in [0, 0.05) is 32.7 Å². The van der Waals surface area contributed by atoms with E-state index in [-0.39, 0.29) is 0 Å². The Balaban J connectivity index is 1.70. The molecule has 1 saturated heterocycles. The lowest BCUT2D eigenvalue weighted by atomic mass is 9.90. The first-order chi connectivity index (χ1) is 7.45.